The van der Waals surface area contributed by atoms with Gasteiger partial charge in [0.15, 0.2) is 0 Å². The molecule has 1 aliphatic heterocycles. The molecule has 34 heavy (non-hydrogen) atoms. The largest absolute Gasteiger partial charge is 0.489 e. The minimum atomic E-state index is -3.74. The van der Waals surface area contributed by atoms with Crippen molar-refractivity contribution in [2.45, 2.75) is 48.6 Å². The first-order chi connectivity index (χ1) is 16.4. The van der Waals surface area contributed by atoms with Crippen molar-refractivity contribution in [2.24, 2.45) is 0 Å². The summed E-state index contributed by atoms with van der Waals surface area (Å²) in [4.78, 5) is 11.2. The molecule has 0 bridgehead atoms. The number of ether oxygens (including phenoxy) is 2. The predicted molar refractivity (Wildman–Crippen MR) is 126 cm³/mol. The van der Waals surface area contributed by atoms with Crippen molar-refractivity contribution >= 4 is 16.0 Å². The van der Waals surface area contributed by atoms with Crippen molar-refractivity contribution in [1.82, 2.24) is 4.72 Å². The lowest BCUT2D eigenvalue weighted by molar-refractivity contribution is -0.136. The number of sulfonamides is 1. The van der Waals surface area contributed by atoms with Gasteiger partial charge < -0.3 is 14.6 Å². The number of benzene rings is 3. The quantitative estimate of drug-likeness (QED) is 0.494. The highest BCUT2D eigenvalue weighted by atomic mass is 32.2. The van der Waals surface area contributed by atoms with Gasteiger partial charge >= 0.3 is 5.97 Å². The SMILES string of the molecule is O=C(O)CCc1cccc2c1OC1CCC(NS(=O)(=O)c3ccc(Oc4ccccc4)cc3)C21. The van der Waals surface area contributed by atoms with E-state index < -0.39 is 16.0 Å². The summed E-state index contributed by atoms with van der Waals surface area (Å²) in [6.45, 7) is 0. The molecule has 2 aliphatic rings. The molecule has 3 unspecified atom stereocenters. The van der Waals surface area contributed by atoms with Gasteiger partial charge in [0, 0.05) is 23.9 Å². The van der Waals surface area contributed by atoms with Crippen LogP contribution in [0, 0.1) is 0 Å². The normalized spacial score (nSPS) is 20.9. The van der Waals surface area contributed by atoms with Gasteiger partial charge in [-0.3, -0.25) is 4.79 Å². The van der Waals surface area contributed by atoms with Crippen molar-refractivity contribution in [3.63, 3.8) is 0 Å². The van der Waals surface area contributed by atoms with Crippen molar-refractivity contribution in [1.29, 1.82) is 0 Å². The van der Waals surface area contributed by atoms with Gasteiger partial charge in [-0.15, -0.1) is 0 Å². The topological polar surface area (TPSA) is 102 Å². The predicted octanol–water partition coefficient (Wildman–Crippen LogP) is 4.48. The van der Waals surface area contributed by atoms with Gasteiger partial charge in [-0.25, -0.2) is 13.1 Å². The van der Waals surface area contributed by atoms with Crippen LogP contribution in [-0.2, 0) is 21.2 Å². The third kappa shape index (κ3) is 4.51. The van der Waals surface area contributed by atoms with E-state index in [2.05, 4.69) is 4.72 Å². The molecule has 0 saturated heterocycles. The number of carboxylic acid groups (broad SMARTS) is 1. The number of fused-ring (bicyclic) bond motifs is 3. The number of hydrogen-bond donors (Lipinski definition) is 2. The number of para-hydroxylation sites is 2. The van der Waals surface area contributed by atoms with E-state index in [9.17, 15) is 13.2 Å². The molecule has 176 valence electrons. The Labute approximate surface area is 198 Å². The van der Waals surface area contributed by atoms with Crippen LogP contribution in [0.1, 0.15) is 36.3 Å². The molecule has 1 aliphatic carbocycles. The Morgan fingerprint density at radius 3 is 2.44 bits per heavy atom. The van der Waals surface area contributed by atoms with Crippen molar-refractivity contribution in [2.75, 3.05) is 0 Å². The monoisotopic (exact) mass is 479 g/mol. The van der Waals surface area contributed by atoms with E-state index in [4.69, 9.17) is 14.6 Å². The zero-order valence-corrected chi connectivity index (χ0v) is 19.2. The maximum absolute atomic E-state index is 13.1. The average Bonchev–Trinajstić information content (AvgIpc) is 3.39. The van der Waals surface area contributed by atoms with E-state index >= 15 is 0 Å². The van der Waals surface area contributed by atoms with Gasteiger partial charge in [-0.1, -0.05) is 36.4 Å². The van der Waals surface area contributed by atoms with E-state index in [-0.39, 0.29) is 29.4 Å². The van der Waals surface area contributed by atoms with Crippen LogP contribution in [0.15, 0.2) is 77.7 Å². The molecule has 0 amide bonds. The minimum Gasteiger partial charge on any atom is -0.489 e. The molecule has 5 rings (SSSR count). The fourth-order valence-electron chi connectivity index (χ4n) is 4.82. The Morgan fingerprint density at radius 2 is 1.71 bits per heavy atom. The highest BCUT2D eigenvalue weighted by molar-refractivity contribution is 7.89. The summed E-state index contributed by atoms with van der Waals surface area (Å²) >= 11 is 0. The van der Waals surface area contributed by atoms with Gasteiger partial charge in [-0.2, -0.15) is 0 Å². The Hall–Kier alpha value is -3.36. The third-order valence-electron chi connectivity index (χ3n) is 6.38. The fraction of sp³-hybridized carbons (Fsp3) is 0.269. The highest BCUT2D eigenvalue weighted by Gasteiger charge is 2.46. The Balaban J connectivity index is 1.31. The minimum absolute atomic E-state index is 0.0230. The summed E-state index contributed by atoms with van der Waals surface area (Å²) in [7, 11) is -3.74. The van der Waals surface area contributed by atoms with Crippen LogP contribution in [0.5, 0.6) is 17.2 Å². The lowest BCUT2D eigenvalue weighted by Gasteiger charge is -2.20. The Bertz CT molecular complexity index is 1290. The summed E-state index contributed by atoms with van der Waals surface area (Å²) < 4.78 is 41.1. The second kappa shape index (κ2) is 9.12. The second-order valence-electron chi connectivity index (χ2n) is 8.60. The van der Waals surface area contributed by atoms with Gasteiger partial charge in [0.2, 0.25) is 10.0 Å². The van der Waals surface area contributed by atoms with E-state index in [0.717, 1.165) is 17.5 Å². The first-order valence-electron chi connectivity index (χ1n) is 11.3. The first-order valence-corrected chi connectivity index (χ1v) is 12.7. The van der Waals surface area contributed by atoms with Crippen molar-refractivity contribution in [3.8, 4) is 17.2 Å². The number of carbonyl (C=O) groups is 1. The van der Waals surface area contributed by atoms with Crippen LogP contribution >= 0.6 is 0 Å². The zero-order chi connectivity index (χ0) is 23.7. The first kappa shape index (κ1) is 22.4. The summed E-state index contributed by atoms with van der Waals surface area (Å²) in [6, 6.07) is 21.1. The molecule has 0 aromatic heterocycles. The summed E-state index contributed by atoms with van der Waals surface area (Å²) in [5, 5.41) is 9.03. The van der Waals surface area contributed by atoms with Crippen molar-refractivity contribution < 1.29 is 27.8 Å². The molecule has 2 N–H and O–H groups in total. The van der Waals surface area contributed by atoms with E-state index in [0.29, 0.717) is 30.1 Å². The molecule has 7 nitrogen and oxygen atoms in total. The molecule has 0 radical (unpaired) electrons. The molecular formula is C26H25NO6S. The van der Waals surface area contributed by atoms with Crippen molar-refractivity contribution in [3.05, 3.63) is 83.9 Å². The van der Waals surface area contributed by atoms with Crippen LogP contribution in [0.4, 0.5) is 0 Å². The van der Waals surface area contributed by atoms with Crippen LogP contribution in [-0.4, -0.2) is 31.6 Å². The van der Waals surface area contributed by atoms with E-state index in [1.165, 1.54) is 12.1 Å². The third-order valence-corrected chi connectivity index (χ3v) is 7.89. The standard InChI is InChI=1S/C26H25NO6S/c28-24(29)16-9-17-5-4-8-21-25-22(14-15-23(25)33-26(17)21)27-34(30,31)20-12-10-19(11-13-20)32-18-6-2-1-3-7-18/h1-8,10-13,22-23,25,27H,9,14-16H2,(H,28,29). The van der Waals surface area contributed by atoms with Crippen LogP contribution in [0.3, 0.4) is 0 Å². The Kier molecular flexibility index (Phi) is 6.02. The number of carboxylic acids is 1. The Morgan fingerprint density at radius 1 is 0.971 bits per heavy atom. The molecule has 3 aromatic rings. The lowest BCUT2D eigenvalue weighted by Crippen LogP contribution is -2.37. The average molecular weight is 480 g/mol. The van der Waals surface area contributed by atoms with Gasteiger partial charge in [0.05, 0.1) is 4.90 Å². The summed E-state index contributed by atoms with van der Waals surface area (Å²) in [6.07, 6.45) is 1.69. The van der Waals surface area contributed by atoms with Crippen LogP contribution in [0.25, 0.3) is 0 Å². The zero-order valence-electron chi connectivity index (χ0n) is 18.4. The number of rotatable bonds is 8. The highest BCUT2D eigenvalue weighted by Crippen LogP contribution is 2.49. The number of aliphatic carboxylic acids is 1. The molecule has 1 fully saturated rings. The molecular weight excluding hydrogens is 454 g/mol. The molecule has 8 heteroatoms. The van der Waals surface area contributed by atoms with E-state index in [1.807, 2.05) is 48.5 Å². The molecule has 3 aromatic carbocycles. The van der Waals surface area contributed by atoms with Gasteiger partial charge in [-0.05, 0) is 61.2 Å². The molecule has 3 atom stereocenters. The van der Waals surface area contributed by atoms with Gasteiger partial charge in [0.1, 0.15) is 23.4 Å². The maximum Gasteiger partial charge on any atom is 0.303 e. The number of hydrogen-bond acceptors (Lipinski definition) is 5. The summed E-state index contributed by atoms with van der Waals surface area (Å²) in [5.74, 6) is 0.982. The van der Waals surface area contributed by atoms with E-state index in [1.54, 1.807) is 12.1 Å². The number of nitrogens with one attached hydrogen (secondary N) is 1. The van der Waals surface area contributed by atoms with Gasteiger partial charge in [0.25, 0.3) is 0 Å². The fourth-order valence-corrected chi connectivity index (χ4v) is 6.12. The molecule has 0 spiro atoms. The smallest absolute Gasteiger partial charge is 0.303 e. The summed E-state index contributed by atoms with van der Waals surface area (Å²) in [5.41, 5.74) is 1.80. The second-order valence-corrected chi connectivity index (χ2v) is 10.3. The molecule has 1 heterocycles. The van der Waals surface area contributed by atoms with Crippen LogP contribution in [0.2, 0.25) is 0 Å². The maximum atomic E-state index is 13.1. The molecule has 1 saturated carbocycles. The lowest BCUT2D eigenvalue weighted by atomic mass is 9.92. The van der Waals surface area contributed by atoms with Crippen LogP contribution < -0.4 is 14.2 Å². The number of aryl methyl sites for hydroxylation is 1.